The quantitative estimate of drug-likeness (QED) is 0.430. The zero-order chi connectivity index (χ0) is 10.6. The summed E-state index contributed by atoms with van der Waals surface area (Å²) < 4.78 is 4.92. The summed E-state index contributed by atoms with van der Waals surface area (Å²) in [6.45, 7) is 0. The molecule has 2 N–H and O–H groups in total. The second-order valence-corrected chi connectivity index (χ2v) is 2.58. The van der Waals surface area contributed by atoms with Gasteiger partial charge in [0.25, 0.3) is 0 Å². The third kappa shape index (κ3) is 2.00. The Morgan fingerprint density at radius 2 is 2.21 bits per heavy atom. The number of ketones is 1. The Bertz CT molecular complexity index is 406. The van der Waals surface area contributed by atoms with E-state index in [0.29, 0.717) is 11.3 Å². The summed E-state index contributed by atoms with van der Waals surface area (Å²) in [5.41, 5.74) is 5.02. The van der Waals surface area contributed by atoms with E-state index < -0.39 is 11.5 Å². The van der Waals surface area contributed by atoms with Gasteiger partial charge in [0.2, 0.25) is 5.78 Å². The van der Waals surface area contributed by atoms with Gasteiger partial charge in [-0.25, -0.2) is 4.79 Å². The Labute approximate surface area is 81.0 Å². The monoisotopic (exact) mass is 191 g/mol. The van der Waals surface area contributed by atoms with Crippen molar-refractivity contribution in [1.29, 1.82) is 0 Å². The molecule has 0 saturated heterocycles. The molecule has 0 spiro atoms. The fourth-order valence-electron chi connectivity index (χ4n) is 0.966. The third-order valence-corrected chi connectivity index (χ3v) is 1.69. The van der Waals surface area contributed by atoms with Gasteiger partial charge in [-0.05, 0) is 12.1 Å². The van der Waals surface area contributed by atoms with Crippen LogP contribution in [-0.4, -0.2) is 18.8 Å². The average molecular weight is 191 g/mol. The van der Waals surface area contributed by atoms with Crippen LogP contribution in [0.2, 0.25) is 0 Å². The van der Waals surface area contributed by atoms with Crippen molar-refractivity contribution in [2.75, 3.05) is 7.11 Å². The number of Topliss-reactive ketones (excluding diaryl/α,β-unsaturated/α-hetero) is 1. The van der Waals surface area contributed by atoms with Gasteiger partial charge in [-0.3, -0.25) is 4.79 Å². The van der Waals surface area contributed by atoms with Crippen molar-refractivity contribution < 1.29 is 14.3 Å². The molecule has 0 fully saturated rings. The van der Waals surface area contributed by atoms with Crippen molar-refractivity contribution >= 4 is 11.7 Å². The lowest BCUT2D eigenvalue weighted by atomic mass is 10.1. The first-order chi connectivity index (χ1) is 6.69. The van der Waals surface area contributed by atoms with Crippen LogP contribution in [0.5, 0.6) is 5.75 Å². The predicted molar refractivity (Wildman–Crippen MR) is 50.7 cm³/mol. The maximum absolute atomic E-state index is 11.4. The number of rotatable bonds is 3. The van der Waals surface area contributed by atoms with Crippen LogP contribution in [-0.2, 0) is 4.79 Å². The second-order valence-electron chi connectivity index (χ2n) is 2.58. The van der Waals surface area contributed by atoms with E-state index in [1.54, 1.807) is 18.2 Å². The number of methoxy groups -OCH3 is 1. The van der Waals surface area contributed by atoms with Gasteiger partial charge in [0.1, 0.15) is 5.75 Å². The van der Waals surface area contributed by atoms with Crippen LogP contribution in [0.15, 0.2) is 30.0 Å². The van der Waals surface area contributed by atoms with E-state index in [4.69, 9.17) is 10.5 Å². The molecule has 0 bridgehead atoms. The molecule has 0 aliphatic heterocycles. The Hall–Kier alpha value is -2.06. The average Bonchev–Trinajstić information content (AvgIpc) is 2.27. The molecule has 0 amide bonds. The van der Waals surface area contributed by atoms with Crippen LogP contribution >= 0.6 is 0 Å². The molecule has 0 atom stereocenters. The third-order valence-electron chi connectivity index (χ3n) is 1.69. The largest absolute Gasteiger partial charge is 0.497 e. The highest BCUT2D eigenvalue weighted by Crippen LogP contribution is 2.13. The molecule has 0 heterocycles. The van der Waals surface area contributed by atoms with Crippen LogP contribution in [0.1, 0.15) is 10.4 Å². The molecule has 0 aliphatic rings. The normalized spacial score (nSPS) is 8.93. The van der Waals surface area contributed by atoms with Crippen LogP contribution in [0, 0.1) is 0 Å². The molecule has 0 aromatic heterocycles. The fraction of sp³-hybridized carbons (Fsp3) is 0.100. The summed E-state index contributed by atoms with van der Waals surface area (Å²) in [5, 5.41) is 0. The van der Waals surface area contributed by atoms with Gasteiger partial charge in [-0.15, -0.1) is 0 Å². The molecule has 0 unspecified atom stereocenters. The van der Waals surface area contributed by atoms with Crippen molar-refractivity contribution in [3.05, 3.63) is 35.5 Å². The lowest BCUT2D eigenvalue weighted by Crippen LogP contribution is -2.12. The second kappa shape index (κ2) is 4.25. The van der Waals surface area contributed by atoms with E-state index in [0.717, 1.165) is 0 Å². The molecular formula is C10H9NO3. The standard InChI is InChI=1S/C10H9NO3/c1-14-8-4-2-3-7(5-8)10(13)9(11)6-12/h2-5H,11H2,1H3. The number of carbonyl (C=O) groups is 1. The molecule has 4 nitrogen and oxygen atoms in total. The topological polar surface area (TPSA) is 69.4 Å². The molecule has 0 radical (unpaired) electrons. The van der Waals surface area contributed by atoms with Gasteiger partial charge in [-0.2, -0.15) is 0 Å². The van der Waals surface area contributed by atoms with Crippen LogP contribution < -0.4 is 10.5 Å². The van der Waals surface area contributed by atoms with Gasteiger partial charge in [-0.1, -0.05) is 12.1 Å². The Morgan fingerprint density at radius 1 is 1.50 bits per heavy atom. The molecule has 72 valence electrons. The van der Waals surface area contributed by atoms with Crippen LogP contribution in [0.4, 0.5) is 0 Å². The van der Waals surface area contributed by atoms with Crippen molar-refractivity contribution in [3.8, 4) is 5.75 Å². The summed E-state index contributed by atoms with van der Waals surface area (Å²) in [6.07, 6.45) is 0. The first-order valence-electron chi connectivity index (χ1n) is 3.88. The molecule has 1 aromatic carbocycles. The predicted octanol–water partition coefficient (Wildman–Crippen LogP) is 0.552. The lowest BCUT2D eigenvalue weighted by molar-refractivity contribution is 0.103. The zero-order valence-electron chi connectivity index (χ0n) is 7.61. The first-order valence-corrected chi connectivity index (χ1v) is 3.88. The van der Waals surface area contributed by atoms with Crippen molar-refractivity contribution in [1.82, 2.24) is 0 Å². The summed E-state index contributed by atoms with van der Waals surface area (Å²) in [4.78, 5) is 21.5. The first kappa shape index (κ1) is 10.0. The maximum atomic E-state index is 11.4. The molecular weight excluding hydrogens is 182 g/mol. The number of hydrogen-bond acceptors (Lipinski definition) is 4. The number of carbonyl (C=O) groups excluding carboxylic acids is 2. The summed E-state index contributed by atoms with van der Waals surface area (Å²) in [6, 6.07) is 6.39. The maximum Gasteiger partial charge on any atom is 0.220 e. The molecule has 0 aliphatic carbocycles. The SMILES string of the molecule is COc1cccc(C(=O)C(N)=C=O)c1. The summed E-state index contributed by atoms with van der Waals surface area (Å²) >= 11 is 0. The zero-order valence-corrected chi connectivity index (χ0v) is 7.61. The van der Waals surface area contributed by atoms with Gasteiger partial charge in [0.15, 0.2) is 11.6 Å². The van der Waals surface area contributed by atoms with Crippen molar-refractivity contribution in [2.24, 2.45) is 5.73 Å². The van der Waals surface area contributed by atoms with E-state index >= 15 is 0 Å². The fourth-order valence-corrected chi connectivity index (χ4v) is 0.966. The summed E-state index contributed by atoms with van der Waals surface area (Å²) in [5.74, 6) is 1.35. The highest BCUT2D eigenvalue weighted by molar-refractivity contribution is 6.12. The van der Waals surface area contributed by atoms with E-state index in [-0.39, 0.29) is 0 Å². The van der Waals surface area contributed by atoms with Crippen LogP contribution in [0.25, 0.3) is 0 Å². The van der Waals surface area contributed by atoms with Gasteiger partial charge in [0, 0.05) is 5.56 Å². The van der Waals surface area contributed by atoms with E-state index in [1.165, 1.54) is 19.1 Å². The van der Waals surface area contributed by atoms with Crippen molar-refractivity contribution in [2.45, 2.75) is 0 Å². The molecule has 4 heteroatoms. The minimum absolute atomic E-state index is 0.310. The molecule has 14 heavy (non-hydrogen) atoms. The Balaban J connectivity index is 3.07. The van der Waals surface area contributed by atoms with E-state index in [2.05, 4.69) is 0 Å². The minimum Gasteiger partial charge on any atom is -0.497 e. The highest BCUT2D eigenvalue weighted by atomic mass is 16.5. The number of ether oxygens (including phenoxy) is 1. The lowest BCUT2D eigenvalue weighted by Gasteiger charge is -2.01. The highest BCUT2D eigenvalue weighted by Gasteiger charge is 2.10. The van der Waals surface area contributed by atoms with Gasteiger partial charge in [0.05, 0.1) is 7.11 Å². The smallest absolute Gasteiger partial charge is 0.220 e. The van der Waals surface area contributed by atoms with Crippen LogP contribution in [0.3, 0.4) is 0 Å². The summed E-state index contributed by atoms with van der Waals surface area (Å²) in [7, 11) is 1.49. The van der Waals surface area contributed by atoms with Gasteiger partial charge >= 0.3 is 0 Å². The number of hydrogen-bond donors (Lipinski definition) is 1. The van der Waals surface area contributed by atoms with E-state index in [9.17, 15) is 9.59 Å². The molecule has 1 rings (SSSR count). The number of allylic oxidation sites excluding steroid dienone is 1. The number of nitrogens with two attached hydrogens (primary N) is 1. The van der Waals surface area contributed by atoms with Crippen molar-refractivity contribution in [3.63, 3.8) is 0 Å². The Kier molecular flexibility index (Phi) is 3.05. The van der Waals surface area contributed by atoms with E-state index in [1.807, 2.05) is 0 Å². The number of benzene rings is 1. The molecule has 0 saturated carbocycles. The Morgan fingerprint density at radius 3 is 2.79 bits per heavy atom. The minimum atomic E-state index is -0.543. The van der Waals surface area contributed by atoms with Gasteiger partial charge < -0.3 is 10.5 Å². The molecule has 1 aromatic rings.